The standard InChI is InChI=1S/C13H16N2O2S/c14-5-1-2-11-4-7-18-12(11)13(16)15-8-10-3-6-17-9-10/h4,7,10H,3,5-6,8-9,14H2,(H,15,16). The van der Waals surface area contributed by atoms with Crippen LogP contribution < -0.4 is 11.1 Å². The largest absolute Gasteiger partial charge is 0.381 e. The van der Waals surface area contributed by atoms with Gasteiger partial charge in [-0.05, 0) is 17.9 Å². The number of carbonyl (C=O) groups excluding carboxylic acids is 1. The van der Waals surface area contributed by atoms with Crippen LogP contribution in [0.15, 0.2) is 11.4 Å². The van der Waals surface area contributed by atoms with Crippen molar-refractivity contribution in [3.05, 3.63) is 21.9 Å². The van der Waals surface area contributed by atoms with Crippen LogP contribution in [0.4, 0.5) is 0 Å². The molecule has 1 atom stereocenters. The van der Waals surface area contributed by atoms with Gasteiger partial charge >= 0.3 is 0 Å². The molecule has 0 aromatic carbocycles. The lowest BCUT2D eigenvalue weighted by molar-refractivity contribution is 0.0949. The van der Waals surface area contributed by atoms with Crippen molar-refractivity contribution >= 4 is 17.2 Å². The van der Waals surface area contributed by atoms with Gasteiger partial charge in [0, 0.05) is 24.6 Å². The van der Waals surface area contributed by atoms with Crippen LogP contribution in [-0.2, 0) is 4.74 Å². The van der Waals surface area contributed by atoms with Crippen molar-refractivity contribution in [2.45, 2.75) is 6.42 Å². The fourth-order valence-electron chi connectivity index (χ4n) is 1.79. The lowest BCUT2D eigenvalue weighted by Crippen LogP contribution is -2.29. The van der Waals surface area contributed by atoms with E-state index in [0.29, 0.717) is 23.9 Å². The second-order valence-electron chi connectivity index (χ2n) is 4.11. The normalized spacial score (nSPS) is 18.2. The number of nitrogens with two attached hydrogens (primary N) is 1. The average Bonchev–Trinajstić information content (AvgIpc) is 3.04. The minimum absolute atomic E-state index is 0.0572. The molecule has 0 saturated carbocycles. The van der Waals surface area contributed by atoms with Crippen LogP contribution in [0.1, 0.15) is 21.7 Å². The molecule has 1 aromatic rings. The quantitative estimate of drug-likeness (QED) is 0.795. The molecule has 1 saturated heterocycles. The summed E-state index contributed by atoms with van der Waals surface area (Å²) in [5.41, 5.74) is 6.08. The van der Waals surface area contributed by atoms with E-state index in [1.807, 2.05) is 11.4 Å². The van der Waals surface area contributed by atoms with Crippen LogP contribution in [0.2, 0.25) is 0 Å². The molecule has 0 bridgehead atoms. The number of hydrogen-bond donors (Lipinski definition) is 2. The molecule has 5 heteroatoms. The number of carbonyl (C=O) groups is 1. The average molecular weight is 264 g/mol. The van der Waals surface area contributed by atoms with Gasteiger partial charge in [-0.1, -0.05) is 11.8 Å². The summed E-state index contributed by atoms with van der Waals surface area (Å²) in [7, 11) is 0. The SMILES string of the molecule is NCC#Cc1ccsc1C(=O)NCC1CCOC1. The second kappa shape index (κ2) is 6.55. The van der Waals surface area contributed by atoms with Gasteiger partial charge in [0.15, 0.2) is 0 Å². The predicted octanol–water partition coefficient (Wildman–Crippen LogP) is 0.825. The topological polar surface area (TPSA) is 64.4 Å². The molecule has 4 nitrogen and oxygen atoms in total. The van der Waals surface area contributed by atoms with Crippen molar-refractivity contribution in [1.82, 2.24) is 5.32 Å². The van der Waals surface area contributed by atoms with Crippen LogP contribution in [0.25, 0.3) is 0 Å². The molecule has 1 aromatic heterocycles. The van der Waals surface area contributed by atoms with Gasteiger partial charge in [0.25, 0.3) is 5.91 Å². The Morgan fingerprint density at radius 2 is 2.56 bits per heavy atom. The Morgan fingerprint density at radius 1 is 1.67 bits per heavy atom. The summed E-state index contributed by atoms with van der Waals surface area (Å²) >= 11 is 1.40. The first kappa shape index (κ1) is 13.1. The molecule has 0 spiro atoms. The van der Waals surface area contributed by atoms with Crippen molar-refractivity contribution in [2.75, 3.05) is 26.3 Å². The third-order valence-corrected chi connectivity index (χ3v) is 3.69. The van der Waals surface area contributed by atoms with Crippen molar-refractivity contribution in [3.8, 4) is 11.8 Å². The predicted molar refractivity (Wildman–Crippen MR) is 71.5 cm³/mol. The minimum Gasteiger partial charge on any atom is -0.381 e. The van der Waals surface area contributed by atoms with E-state index in [1.54, 1.807) is 0 Å². The fraction of sp³-hybridized carbons (Fsp3) is 0.462. The Hall–Kier alpha value is -1.35. The maximum Gasteiger partial charge on any atom is 0.262 e. The zero-order chi connectivity index (χ0) is 12.8. The minimum atomic E-state index is -0.0572. The Balaban J connectivity index is 1.93. The molecule has 0 radical (unpaired) electrons. The number of nitrogens with one attached hydrogen (secondary N) is 1. The number of rotatable bonds is 3. The van der Waals surface area contributed by atoms with Crippen molar-refractivity contribution < 1.29 is 9.53 Å². The first-order chi connectivity index (χ1) is 8.81. The zero-order valence-corrected chi connectivity index (χ0v) is 10.9. The fourth-order valence-corrected chi connectivity index (χ4v) is 2.56. The van der Waals surface area contributed by atoms with E-state index >= 15 is 0 Å². The van der Waals surface area contributed by atoms with Gasteiger partial charge in [-0.2, -0.15) is 0 Å². The molecule has 2 rings (SSSR count). The van der Waals surface area contributed by atoms with Gasteiger partial charge < -0.3 is 15.8 Å². The monoisotopic (exact) mass is 264 g/mol. The summed E-state index contributed by atoms with van der Waals surface area (Å²) < 4.78 is 5.27. The molecular formula is C13H16N2O2S. The summed E-state index contributed by atoms with van der Waals surface area (Å²) in [6.07, 6.45) is 1.02. The van der Waals surface area contributed by atoms with E-state index in [0.717, 1.165) is 25.2 Å². The number of thiophene rings is 1. The van der Waals surface area contributed by atoms with Crippen molar-refractivity contribution in [1.29, 1.82) is 0 Å². The van der Waals surface area contributed by atoms with Crippen LogP contribution in [-0.4, -0.2) is 32.2 Å². The van der Waals surface area contributed by atoms with Gasteiger partial charge in [0.1, 0.15) is 4.88 Å². The third kappa shape index (κ3) is 3.33. The van der Waals surface area contributed by atoms with E-state index in [-0.39, 0.29) is 5.91 Å². The Bertz CT molecular complexity index is 467. The second-order valence-corrected chi connectivity index (χ2v) is 5.03. The smallest absolute Gasteiger partial charge is 0.262 e. The summed E-state index contributed by atoms with van der Waals surface area (Å²) in [6.45, 7) is 2.51. The van der Waals surface area contributed by atoms with E-state index in [4.69, 9.17) is 10.5 Å². The molecule has 2 heterocycles. The first-order valence-electron chi connectivity index (χ1n) is 5.93. The molecule has 0 aliphatic carbocycles. The number of hydrogen-bond acceptors (Lipinski definition) is 4. The highest BCUT2D eigenvalue weighted by Crippen LogP contribution is 2.16. The highest BCUT2D eigenvalue weighted by molar-refractivity contribution is 7.12. The summed E-state index contributed by atoms with van der Waals surface area (Å²) in [5.74, 6) is 6.06. The summed E-state index contributed by atoms with van der Waals surface area (Å²) in [4.78, 5) is 12.7. The van der Waals surface area contributed by atoms with Crippen LogP contribution in [0.3, 0.4) is 0 Å². The van der Waals surface area contributed by atoms with Crippen molar-refractivity contribution in [2.24, 2.45) is 11.7 Å². The Kier molecular flexibility index (Phi) is 4.76. The van der Waals surface area contributed by atoms with E-state index in [2.05, 4.69) is 17.2 Å². The van der Waals surface area contributed by atoms with Crippen LogP contribution in [0.5, 0.6) is 0 Å². The molecule has 1 aliphatic rings. The van der Waals surface area contributed by atoms with E-state index < -0.39 is 0 Å². The Morgan fingerprint density at radius 3 is 3.28 bits per heavy atom. The summed E-state index contributed by atoms with van der Waals surface area (Å²) in [5, 5.41) is 4.81. The zero-order valence-electron chi connectivity index (χ0n) is 10.1. The number of ether oxygens (including phenoxy) is 1. The van der Waals surface area contributed by atoms with Crippen LogP contribution in [0, 0.1) is 17.8 Å². The van der Waals surface area contributed by atoms with Crippen molar-refractivity contribution in [3.63, 3.8) is 0 Å². The maximum absolute atomic E-state index is 12.0. The lowest BCUT2D eigenvalue weighted by Gasteiger charge is -2.08. The molecule has 1 unspecified atom stereocenters. The molecule has 1 aliphatic heterocycles. The molecule has 1 fully saturated rings. The van der Waals surface area contributed by atoms with Gasteiger partial charge in [0.2, 0.25) is 0 Å². The third-order valence-electron chi connectivity index (χ3n) is 2.77. The van der Waals surface area contributed by atoms with Crippen LogP contribution >= 0.6 is 11.3 Å². The highest BCUT2D eigenvalue weighted by Gasteiger charge is 2.18. The van der Waals surface area contributed by atoms with E-state index in [1.165, 1.54) is 11.3 Å². The molecule has 96 valence electrons. The number of amides is 1. The summed E-state index contributed by atoms with van der Waals surface area (Å²) in [6, 6.07) is 1.85. The molecular weight excluding hydrogens is 248 g/mol. The maximum atomic E-state index is 12.0. The molecule has 3 N–H and O–H groups in total. The first-order valence-corrected chi connectivity index (χ1v) is 6.81. The van der Waals surface area contributed by atoms with Gasteiger partial charge in [-0.25, -0.2) is 0 Å². The molecule has 1 amide bonds. The van der Waals surface area contributed by atoms with Gasteiger partial charge in [-0.3, -0.25) is 4.79 Å². The van der Waals surface area contributed by atoms with Gasteiger partial charge in [-0.15, -0.1) is 11.3 Å². The Labute approximate surface area is 111 Å². The van der Waals surface area contributed by atoms with Gasteiger partial charge in [0.05, 0.1) is 13.2 Å². The lowest BCUT2D eigenvalue weighted by atomic mass is 10.1. The highest BCUT2D eigenvalue weighted by atomic mass is 32.1. The molecule has 18 heavy (non-hydrogen) atoms. The van der Waals surface area contributed by atoms with E-state index in [9.17, 15) is 4.79 Å².